The molecule has 1 aliphatic rings. The van der Waals surface area contributed by atoms with Gasteiger partial charge in [-0.25, -0.2) is 14.3 Å². The lowest BCUT2D eigenvalue weighted by Crippen LogP contribution is -2.60. The predicted molar refractivity (Wildman–Crippen MR) is 115 cm³/mol. The van der Waals surface area contributed by atoms with Gasteiger partial charge in [-0.15, -0.1) is 5.10 Å². The molecule has 1 unspecified atom stereocenters. The maximum Gasteiger partial charge on any atom is 0.408 e. The molecule has 3 rings (SSSR count). The zero-order valence-corrected chi connectivity index (χ0v) is 18.4. The summed E-state index contributed by atoms with van der Waals surface area (Å²) in [7, 11) is 0. The van der Waals surface area contributed by atoms with Crippen LogP contribution in [0.2, 0.25) is 0 Å². The second kappa shape index (κ2) is 8.49. The number of rotatable bonds is 5. The largest absolute Gasteiger partial charge is 0.465 e. The standard InChI is InChI=1S/C21H32N6O3/c1-15(2)14-16(27(20(29)30)21(3,4)5)19(28)25-12-10-24(11-13-25)18-7-6-17-22-8-9-26(17)23-18/h6-9,15-16H,10-14H2,1-5H3,(H,29,30). The summed E-state index contributed by atoms with van der Waals surface area (Å²) in [4.78, 5) is 34.9. The molecule has 0 aliphatic carbocycles. The normalized spacial score (nSPS) is 16.2. The van der Waals surface area contributed by atoms with Gasteiger partial charge in [-0.3, -0.25) is 9.69 Å². The van der Waals surface area contributed by atoms with Gasteiger partial charge in [0.1, 0.15) is 11.9 Å². The number of nitrogens with zero attached hydrogens (tertiary/aromatic N) is 6. The zero-order valence-electron chi connectivity index (χ0n) is 18.4. The van der Waals surface area contributed by atoms with Crippen LogP contribution in [-0.4, -0.2) is 79.3 Å². The number of carbonyl (C=O) groups excluding carboxylic acids is 1. The van der Waals surface area contributed by atoms with Crippen LogP contribution < -0.4 is 4.90 Å². The van der Waals surface area contributed by atoms with Crippen LogP contribution in [0, 0.1) is 5.92 Å². The SMILES string of the molecule is CC(C)CC(C(=O)N1CCN(c2ccc3nccn3n2)CC1)N(C(=O)O)C(C)(C)C. The maximum absolute atomic E-state index is 13.4. The first-order valence-corrected chi connectivity index (χ1v) is 10.4. The molecular weight excluding hydrogens is 384 g/mol. The Balaban J connectivity index is 1.72. The lowest BCUT2D eigenvalue weighted by atomic mass is 9.96. The van der Waals surface area contributed by atoms with Crippen molar-refractivity contribution in [2.24, 2.45) is 5.92 Å². The van der Waals surface area contributed by atoms with Crippen LogP contribution in [-0.2, 0) is 4.79 Å². The quantitative estimate of drug-likeness (QED) is 0.805. The Morgan fingerprint density at radius 2 is 1.83 bits per heavy atom. The monoisotopic (exact) mass is 416 g/mol. The number of fused-ring (bicyclic) bond motifs is 1. The van der Waals surface area contributed by atoms with Gasteiger partial charge < -0.3 is 14.9 Å². The fourth-order valence-corrected chi connectivity index (χ4v) is 3.99. The van der Waals surface area contributed by atoms with Gasteiger partial charge in [0, 0.05) is 44.1 Å². The molecule has 0 radical (unpaired) electrons. The minimum Gasteiger partial charge on any atom is -0.465 e. The summed E-state index contributed by atoms with van der Waals surface area (Å²) in [5.74, 6) is 0.933. The number of hydrogen-bond donors (Lipinski definition) is 1. The number of imidazole rings is 1. The molecule has 1 saturated heterocycles. The second-order valence-corrected chi connectivity index (χ2v) is 9.20. The number of amides is 2. The van der Waals surface area contributed by atoms with Crippen LogP contribution >= 0.6 is 0 Å². The van der Waals surface area contributed by atoms with Crippen LogP contribution in [0.25, 0.3) is 5.65 Å². The summed E-state index contributed by atoms with van der Waals surface area (Å²) < 4.78 is 1.74. The van der Waals surface area contributed by atoms with Crippen molar-refractivity contribution in [2.75, 3.05) is 31.1 Å². The Hall–Kier alpha value is -2.84. The molecule has 0 aromatic carbocycles. The molecule has 0 spiro atoms. The summed E-state index contributed by atoms with van der Waals surface area (Å²) in [5, 5.41) is 14.4. The molecule has 2 aromatic rings. The van der Waals surface area contributed by atoms with E-state index in [9.17, 15) is 14.7 Å². The van der Waals surface area contributed by atoms with E-state index in [0.717, 1.165) is 11.5 Å². The van der Waals surface area contributed by atoms with Crippen molar-refractivity contribution in [2.45, 2.75) is 52.6 Å². The van der Waals surface area contributed by atoms with E-state index >= 15 is 0 Å². The van der Waals surface area contributed by atoms with Crippen LogP contribution in [0.15, 0.2) is 24.5 Å². The molecule has 0 bridgehead atoms. The number of anilines is 1. The average Bonchev–Trinajstić information content (AvgIpc) is 3.13. The molecule has 1 fully saturated rings. The third-order valence-corrected chi connectivity index (χ3v) is 5.38. The predicted octanol–water partition coefficient (Wildman–Crippen LogP) is 2.57. The molecule has 3 heterocycles. The highest BCUT2D eigenvalue weighted by atomic mass is 16.4. The van der Waals surface area contributed by atoms with Gasteiger partial charge in [0.15, 0.2) is 5.65 Å². The summed E-state index contributed by atoms with van der Waals surface area (Å²) in [6.45, 7) is 11.9. The Bertz CT molecular complexity index is 896. The number of piperazine rings is 1. The van der Waals surface area contributed by atoms with E-state index in [1.807, 2.05) is 52.9 Å². The van der Waals surface area contributed by atoms with Crippen molar-refractivity contribution in [3.05, 3.63) is 24.5 Å². The topological polar surface area (TPSA) is 94.3 Å². The van der Waals surface area contributed by atoms with E-state index < -0.39 is 17.7 Å². The summed E-state index contributed by atoms with van der Waals surface area (Å²) >= 11 is 0. The third kappa shape index (κ3) is 4.66. The minimum absolute atomic E-state index is 0.112. The van der Waals surface area contributed by atoms with Gasteiger partial charge in [0.2, 0.25) is 5.91 Å². The molecule has 1 atom stereocenters. The number of hydrogen-bond acceptors (Lipinski definition) is 5. The second-order valence-electron chi connectivity index (χ2n) is 9.20. The Kier molecular flexibility index (Phi) is 6.19. The molecular formula is C21H32N6O3. The van der Waals surface area contributed by atoms with Crippen molar-refractivity contribution in [1.29, 1.82) is 0 Å². The van der Waals surface area contributed by atoms with E-state index in [0.29, 0.717) is 32.6 Å². The molecule has 9 heteroatoms. The highest BCUT2D eigenvalue weighted by Crippen LogP contribution is 2.24. The average molecular weight is 417 g/mol. The van der Waals surface area contributed by atoms with Gasteiger partial charge in [0.25, 0.3) is 0 Å². The van der Waals surface area contributed by atoms with Crippen molar-refractivity contribution in [3.8, 4) is 0 Å². The smallest absolute Gasteiger partial charge is 0.408 e. The van der Waals surface area contributed by atoms with Crippen molar-refractivity contribution >= 4 is 23.5 Å². The number of carboxylic acid groups (broad SMARTS) is 1. The van der Waals surface area contributed by atoms with Crippen molar-refractivity contribution < 1.29 is 14.7 Å². The first kappa shape index (κ1) is 21.9. The van der Waals surface area contributed by atoms with Crippen molar-refractivity contribution in [3.63, 3.8) is 0 Å². The molecule has 30 heavy (non-hydrogen) atoms. The molecule has 1 aliphatic heterocycles. The van der Waals surface area contributed by atoms with E-state index in [1.54, 1.807) is 15.6 Å². The fraction of sp³-hybridized carbons (Fsp3) is 0.619. The highest BCUT2D eigenvalue weighted by Gasteiger charge is 2.40. The summed E-state index contributed by atoms with van der Waals surface area (Å²) in [6, 6.07) is 3.18. The first-order chi connectivity index (χ1) is 14.1. The maximum atomic E-state index is 13.4. The van der Waals surface area contributed by atoms with E-state index in [-0.39, 0.29) is 11.8 Å². The number of carbonyl (C=O) groups is 2. The third-order valence-electron chi connectivity index (χ3n) is 5.38. The molecule has 9 nitrogen and oxygen atoms in total. The molecule has 2 aromatic heterocycles. The van der Waals surface area contributed by atoms with Crippen LogP contribution in [0.4, 0.5) is 10.6 Å². The van der Waals surface area contributed by atoms with Crippen LogP contribution in [0.3, 0.4) is 0 Å². The lowest BCUT2D eigenvalue weighted by Gasteiger charge is -2.43. The zero-order chi connectivity index (χ0) is 22.1. The lowest BCUT2D eigenvalue weighted by molar-refractivity contribution is -0.139. The number of aromatic nitrogens is 3. The fourth-order valence-electron chi connectivity index (χ4n) is 3.99. The molecule has 164 valence electrons. The molecule has 2 amide bonds. The van der Waals surface area contributed by atoms with E-state index in [1.165, 1.54) is 4.90 Å². The van der Waals surface area contributed by atoms with Gasteiger partial charge in [-0.1, -0.05) is 13.8 Å². The highest BCUT2D eigenvalue weighted by molar-refractivity contribution is 5.86. The Morgan fingerprint density at radius 1 is 1.17 bits per heavy atom. The molecule has 0 saturated carbocycles. The first-order valence-electron chi connectivity index (χ1n) is 10.4. The van der Waals surface area contributed by atoms with Crippen LogP contribution in [0.5, 0.6) is 0 Å². The van der Waals surface area contributed by atoms with Gasteiger partial charge in [-0.2, -0.15) is 0 Å². The van der Waals surface area contributed by atoms with E-state index in [4.69, 9.17) is 0 Å². The van der Waals surface area contributed by atoms with Crippen LogP contribution in [0.1, 0.15) is 41.0 Å². The van der Waals surface area contributed by atoms with Gasteiger partial charge in [0.05, 0.1) is 0 Å². The van der Waals surface area contributed by atoms with Crippen molar-refractivity contribution in [1.82, 2.24) is 24.4 Å². The molecule has 1 N–H and O–H groups in total. The van der Waals surface area contributed by atoms with E-state index in [2.05, 4.69) is 15.0 Å². The van der Waals surface area contributed by atoms with Gasteiger partial charge >= 0.3 is 6.09 Å². The summed E-state index contributed by atoms with van der Waals surface area (Å²) in [5.41, 5.74) is 0.132. The summed E-state index contributed by atoms with van der Waals surface area (Å²) in [6.07, 6.45) is 2.96. The minimum atomic E-state index is -1.06. The van der Waals surface area contributed by atoms with Gasteiger partial charge in [-0.05, 0) is 45.2 Å². The Labute approximate surface area is 177 Å². The Morgan fingerprint density at radius 3 is 2.40 bits per heavy atom.